The van der Waals surface area contributed by atoms with Crippen molar-refractivity contribution in [1.82, 2.24) is 0 Å². The number of hydrogen-bond donors (Lipinski definition) is 2. The van der Waals surface area contributed by atoms with E-state index in [-0.39, 0.29) is 5.75 Å². The van der Waals surface area contributed by atoms with E-state index in [1.807, 2.05) is 13.0 Å². The fourth-order valence-corrected chi connectivity index (χ4v) is 1.03. The Hall–Kier alpha value is -1.28. The SMILES string of the molecule is C=CC(O)c1ccc(C)cc1O. The monoisotopic (exact) mass is 164 g/mol. The van der Waals surface area contributed by atoms with Gasteiger partial charge in [0, 0.05) is 5.56 Å². The van der Waals surface area contributed by atoms with Crippen LogP contribution in [0.15, 0.2) is 30.9 Å². The summed E-state index contributed by atoms with van der Waals surface area (Å²) in [7, 11) is 0. The molecule has 0 saturated carbocycles. The first-order valence-electron chi connectivity index (χ1n) is 3.75. The Balaban J connectivity index is 3.09. The molecule has 2 nitrogen and oxygen atoms in total. The lowest BCUT2D eigenvalue weighted by Gasteiger charge is -2.08. The van der Waals surface area contributed by atoms with Crippen molar-refractivity contribution >= 4 is 0 Å². The number of phenolic OH excluding ortho intramolecular Hbond substituents is 1. The van der Waals surface area contributed by atoms with Crippen LogP contribution in [0.25, 0.3) is 0 Å². The van der Waals surface area contributed by atoms with E-state index in [2.05, 4.69) is 6.58 Å². The lowest BCUT2D eigenvalue weighted by atomic mass is 10.1. The van der Waals surface area contributed by atoms with Gasteiger partial charge in [0.25, 0.3) is 0 Å². The van der Waals surface area contributed by atoms with Gasteiger partial charge in [-0.3, -0.25) is 0 Å². The smallest absolute Gasteiger partial charge is 0.121 e. The summed E-state index contributed by atoms with van der Waals surface area (Å²) in [6, 6.07) is 5.14. The maximum Gasteiger partial charge on any atom is 0.121 e. The third-order valence-corrected chi connectivity index (χ3v) is 1.73. The van der Waals surface area contributed by atoms with Gasteiger partial charge in [0.1, 0.15) is 11.9 Å². The highest BCUT2D eigenvalue weighted by Crippen LogP contribution is 2.25. The van der Waals surface area contributed by atoms with Crippen LogP contribution >= 0.6 is 0 Å². The van der Waals surface area contributed by atoms with E-state index in [0.29, 0.717) is 5.56 Å². The van der Waals surface area contributed by atoms with Gasteiger partial charge in [-0.25, -0.2) is 0 Å². The molecule has 0 spiro atoms. The molecule has 1 aromatic carbocycles. The van der Waals surface area contributed by atoms with Crippen LogP contribution in [-0.2, 0) is 0 Å². The molecular weight excluding hydrogens is 152 g/mol. The van der Waals surface area contributed by atoms with Crippen LogP contribution in [-0.4, -0.2) is 10.2 Å². The van der Waals surface area contributed by atoms with Crippen molar-refractivity contribution in [1.29, 1.82) is 0 Å². The van der Waals surface area contributed by atoms with Crippen LogP contribution in [0.5, 0.6) is 5.75 Å². The van der Waals surface area contributed by atoms with E-state index >= 15 is 0 Å². The summed E-state index contributed by atoms with van der Waals surface area (Å²) >= 11 is 0. The van der Waals surface area contributed by atoms with Gasteiger partial charge in [-0.2, -0.15) is 0 Å². The van der Waals surface area contributed by atoms with Gasteiger partial charge in [-0.15, -0.1) is 6.58 Å². The normalized spacial score (nSPS) is 12.5. The minimum atomic E-state index is -0.786. The Labute approximate surface area is 71.8 Å². The molecule has 0 fully saturated rings. The van der Waals surface area contributed by atoms with Gasteiger partial charge in [0.15, 0.2) is 0 Å². The Morgan fingerprint density at radius 3 is 2.67 bits per heavy atom. The molecular formula is C10H12O2. The zero-order chi connectivity index (χ0) is 9.14. The number of hydrogen-bond acceptors (Lipinski definition) is 2. The van der Waals surface area contributed by atoms with Crippen LogP contribution in [0.4, 0.5) is 0 Å². The van der Waals surface area contributed by atoms with Gasteiger partial charge in [0.2, 0.25) is 0 Å². The molecule has 0 saturated heterocycles. The second-order valence-corrected chi connectivity index (χ2v) is 2.74. The lowest BCUT2D eigenvalue weighted by Crippen LogP contribution is -1.92. The van der Waals surface area contributed by atoms with Crippen molar-refractivity contribution in [3.05, 3.63) is 42.0 Å². The standard InChI is InChI=1S/C10H12O2/c1-3-9(11)8-5-4-7(2)6-10(8)12/h3-6,9,11-12H,1H2,2H3. The number of aliphatic hydroxyl groups excluding tert-OH is 1. The van der Waals surface area contributed by atoms with Gasteiger partial charge in [-0.05, 0) is 18.6 Å². The van der Waals surface area contributed by atoms with Crippen LogP contribution in [0, 0.1) is 6.92 Å². The van der Waals surface area contributed by atoms with E-state index in [9.17, 15) is 10.2 Å². The molecule has 0 aromatic heterocycles. The molecule has 2 N–H and O–H groups in total. The third-order valence-electron chi connectivity index (χ3n) is 1.73. The Morgan fingerprint density at radius 1 is 1.50 bits per heavy atom. The predicted molar refractivity (Wildman–Crippen MR) is 48.0 cm³/mol. The molecule has 2 heteroatoms. The molecule has 0 amide bonds. The zero-order valence-corrected chi connectivity index (χ0v) is 6.99. The first-order valence-corrected chi connectivity index (χ1v) is 3.75. The van der Waals surface area contributed by atoms with Gasteiger partial charge >= 0.3 is 0 Å². The Kier molecular flexibility index (Phi) is 2.51. The number of phenols is 1. The van der Waals surface area contributed by atoms with Gasteiger partial charge in [-0.1, -0.05) is 18.2 Å². The molecule has 1 rings (SSSR count). The summed E-state index contributed by atoms with van der Waals surface area (Å²) < 4.78 is 0. The summed E-state index contributed by atoms with van der Waals surface area (Å²) in [5.74, 6) is 0.113. The first-order chi connectivity index (χ1) is 5.65. The molecule has 0 aliphatic carbocycles. The number of benzene rings is 1. The van der Waals surface area contributed by atoms with E-state index < -0.39 is 6.10 Å². The van der Waals surface area contributed by atoms with Crippen molar-refractivity contribution in [2.45, 2.75) is 13.0 Å². The quantitative estimate of drug-likeness (QED) is 0.655. The van der Waals surface area contributed by atoms with E-state index in [1.165, 1.54) is 6.08 Å². The maximum atomic E-state index is 9.39. The Bertz CT molecular complexity index is 292. The molecule has 0 aliphatic rings. The molecule has 1 atom stereocenters. The summed E-state index contributed by atoms with van der Waals surface area (Å²) in [6.07, 6.45) is 0.593. The Morgan fingerprint density at radius 2 is 2.17 bits per heavy atom. The van der Waals surface area contributed by atoms with Gasteiger partial charge < -0.3 is 10.2 Å². The van der Waals surface area contributed by atoms with Crippen LogP contribution in [0.1, 0.15) is 17.2 Å². The lowest BCUT2D eigenvalue weighted by molar-refractivity contribution is 0.224. The van der Waals surface area contributed by atoms with Crippen molar-refractivity contribution < 1.29 is 10.2 Å². The molecule has 0 heterocycles. The molecule has 1 unspecified atom stereocenters. The average molecular weight is 164 g/mol. The van der Waals surface area contributed by atoms with Crippen molar-refractivity contribution in [2.24, 2.45) is 0 Å². The zero-order valence-electron chi connectivity index (χ0n) is 6.99. The number of aliphatic hydroxyl groups is 1. The molecule has 0 radical (unpaired) electrons. The second kappa shape index (κ2) is 3.41. The number of rotatable bonds is 2. The molecule has 1 aromatic rings. The minimum Gasteiger partial charge on any atom is -0.508 e. The van der Waals surface area contributed by atoms with Crippen molar-refractivity contribution in [3.8, 4) is 5.75 Å². The molecule has 64 valence electrons. The topological polar surface area (TPSA) is 40.5 Å². The van der Waals surface area contributed by atoms with Crippen molar-refractivity contribution in [2.75, 3.05) is 0 Å². The van der Waals surface area contributed by atoms with E-state index in [1.54, 1.807) is 12.1 Å². The number of aromatic hydroxyl groups is 1. The van der Waals surface area contributed by atoms with Crippen molar-refractivity contribution in [3.63, 3.8) is 0 Å². The molecule has 0 bridgehead atoms. The third kappa shape index (κ3) is 1.66. The minimum absolute atomic E-state index is 0.113. The van der Waals surface area contributed by atoms with Gasteiger partial charge in [0.05, 0.1) is 0 Å². The summed E-state index contributed by atoms with van der Waals surface area (Å²) in [4.78, 5) is 0. The van der Waals surface area contributed by atoms with Crippen LogP contribution in [0.2, 0.25) is 0 Å². The average Bonchev–Trinajstić information content (AvgIpc) is 2.03. The highest BCUT2D eigenvalue weighted by molar-refractivity contribution is 5.38. The highest BCUT2D eigenvalue weighted by Gasteiger charge is 2.07. The largest absolute Gasteiger partial charge is 0.508 e. The number of aryl methyl sites for hydroxylation is 1. The fraction of sp³-hybridized carbons (Fsp3) is 0.200. The summed E-state index contributed by atoms with van der Waals surface area (Å²) in [6.45, 7) is 5.32. The predicted octanol–water partition coefficient (Wildman–Crippen LogP) is 1.92. The summed E-state index contributed by atoms with van der Waals surface area (Å²) in [5.41, 5.74) is 1.46. The first kappa shape index (κ1) is 8.81. The fourth-order valence-electron chi connectivity index (χ4n) is 1.03. The highest BCUT2D eigenvalue weighted by atomic mass is 16.3. The van der Waals surface area contributed by atoms with Crippen LogP contribution < -0.4 is 0 Å². The summed E-state index contributed by atoms with van der Waals surface area (Å²) in [5, 5.41) is 18.7. The van der Waals surface area contributed by atoms with Crippen LogP contribution in [0.3, 0.4) is 0 Å². The maximum absolute atomic E-state index is 9.39. The molecule has 0 aliphatic heterocycles. The van der Waals surface area contributed by atoms with E-state index in [4.69, 9.17) is 0 Å². The molecule has 12 heavy (non-hydrogen) atoms. The van der Waals surface area contributed by atoms with E-state index in [0.717, 1.165) is 5.56 Å². The second-order valence-electron chi connectivity index (χ2n) is 2.74.